The Morgan fingerprint density at radius 1 is 1.12 bits per heavy atom. The summed E-state index contributed by atoms with van der Waals surface area (Å²) in [5.74, 6) is -1.17. The molecule has 9 heteroatoms. The number of amides is 2. The first-order valence-corrected chi connectivity index (χ1v) is 8.14. The van der Waals surface area contributed by atoms with Gasteiger partial charge in [-0.25, -0.2) is 4.39 Å². The number of hydrazine groups is 1. The lowest BCUT2D eigenvalue weighted by Crippen LogP contribution is -2.41. The molecule has 0 aliphatic heterocycles. The van der Waals surface area contributed by atoms with Gasteiger partial charge in [-0.05, 0) is 55.5 Å². The first-order chi connectivity index (χ1) is 12.5. The zero-order chi connectivity index (χ0) is 18.7. The first kappa shape index (κ1) is 17.6. The van der Waals surface area contributed by atoms with Crippen LogP contribution >= 0.6 is 12.2 Å². The van der Waals surface area contributed by atoms with Crippen molar-refractivity contribution in [2.45, 2.75) is 6.92 Å². The lowest BCUT2D eigenvalue weighted by molar-refractivity contribution is 0.0847. The summed E-state index contributed by atoms with van der Waals surface area (Å²) in [7, 11) is 0. The minimum absolute atomic E-state index is 0.0133. The monoisotopic (exact) mass is 374 g/mol. The zero-order valence-corrected chi connectivity index (χ0v) is 14.5. The number of aromatic nitrogens is 2. The standard InChI is InChI=1S/C17H15FN4O3S/c1-2-25-11-5-3-9(4-6-11)15(23)21-22-16(24)12-7-10(18)8-13-14(12)20-17(26)19-13/h3-8H,2H2,1H3,(H,21,23)(H,22,24)(H2,19,20,26). The van der Waals surface area contributed by atoms with Crippen LogP contribution in [0.2, 0.25) is 0 Å². The molecule has 3 rings (SSSR count). The molecular weight excluding hydrogens is 359 g/mol. The summed E-state index contributed by atoms with van der Waals surface area (Å²) in [5, 5.41) is 0. The summed E-state index contributed by atoms with van der Waals surface area (Å²) in [6.07, 6.45) is 0. The second-order valence-electron chi connectivity index (χ2n) is 5.32. The maximum Gasteiger partial charge on any atom is 0.271 e. The number of aromatic amines is 2. The predicted octanol–water partition coefficient (Wildman–Crippen LogP) is 2.84. The number of fused-ring (bicyclic) bond motifs is 1. The molecule has 26 heavy (non-hydrogen) atoms. The number of hydrogen-bond acceptors (Lipinski definition) is 4. The third-order valence-corrected chi connectivity index (χ3v) is 3.76. The number of halogens is 1. The molecular formula is C17H15FN4O3S. The molecule has 0 atom stereocenters. The van der Waals surface area contributed by atoms with Gasteiger partial charge >= 0.3 is 0 Å². The predicted molar refractivity (Wildman–Crippen MR) is 96.0 cm³/mol. The molecule has 134 valence electrons. The second-order valence-corrected chi connectivity index (χ2v) is 5.73. The van der Waals surface area contributed by atoms with Gasteiger partial charge in [0.25, 0.3) is 11.8 Å². The van der Waals surface area contributed by atoms with E-state index in [9.17, 15) is 14.0 Å². The van der Waals surface area contributed by atoms with Crippen molar-refractivity contribution >= 4 is 35.1 Å². The number of carbonyl (C=O) groups is 2. The molecule has 0 saturated heterocycles. The van der Waals surface area contributed by atoms with E-state index < -0.39 is 17.6 Å². The van der Waals surface area contributed by atoms with E-state index in [1.165, 1.54) is 6.07 Å². The molecule has 0 unspecified atom stereocenters. The third-order valence-electron chi connectivity index (χ3n) is 3.55. The Balaban J connectivity index is 1.72. The first-order valence-electron chi connectivity index (χ1n) is 7.73. The van der Waals surface area contributed by atoms with Crippen molar-refractivity contribution in [2.75, 3.05) is 6.61 Å². The maximum atomic E-state index is 13.7. The van der Waals surface area contributed by atoms with Crippen LogP contribution in [0.1, 0.15) is 27.6 Å². The van der Waals surface area contributed by atoms with E-state index in [0.717, 1.165) is 6.07 Å². The van der Waals surface area contributed by atoms with Gasteiger partial charge in [-0.15, -0.1) is 0 Å². The fourth-order valence-electron chi connectivity index (χ4n) is 2.41. The number of ether oxygens (including phenoxy) is 1. The number of nitrogens with one attached hydrogen (secondary N) is 4. The quantitative estimate of drug-likeness (QED) is 0.417. The molecule has 0 bridgehead atoms. The average molecular weight is 374 g/mol. The minimum Gasteiger partial charge on any atom is -0.494 e. The molecule has 0 saturated carbocycles. The Labute approximate surface area is 152 Å². The molecule has 1 aromatic heterocycles. The molecule has 0 radical (unpaired) electrons. The van der Waals surface area contributed by atoms with Gasteiger partial charge in [0.2, 0.25) is 0 Å². The average Bonchev–Trinajstić information content (AvgIpc) is 2.99. The van der Waals surface area contributed by atoms with Gasteiger partial charge in [0, 0.05) is 5.56 Å². The van der Waals surface area contributed by atoms with Crippen molar-refractivity contribution in [3.63, 3.8) is 0 Å². The van der Waals surface area contributed by atoms with Gasteiger partial charge < -0.3 is 14.7 Å². The van der Waals surface area contributed by atoms with Crippen LogP contribution in [0.5, 0.6) is 5.75 Å². The molecule has 7 nitrogen and oxygen atoms in total. The SMILES string of the molecule is CCOc1ccc(C(=O)NNC(=O)c2cc(F)cc3[nH]c(=S)[nH]c23)cc1. The van der Waals surface area contributed by atoms with Crippen molar-refractivity contribution in [2.24, 2.45) is 0 Å². The van der Waals surface area contributed by atoms with Gasteiger partial charge in [0.15, 0.2) is 4.77 Å². The fourth-order valence-corrected chi connectivity index (χ4v) is 2.62. The number of imidazole rings is 1. The molecule has 2 aromatic carbocycles. The number of carbonyl (C=O) groups excluding carboxylic acids is 2. The molecule has 0 spiro atoms. The summed E-state index contributed by atoms with van der Waals surface area (Å²) < 4.78 is 19.2. The molecule has 3 aromatic rings. The highest BCUT2D eigenvalue weighted by Gasteiger charge is 2.15. The maximum absolute atomic E-state index is 13.7. The fraction of sp³-hybridized carbons (Fsp3) is 0.118. The van der Waals surface area contributed by atoms with Crippen molar-refractivity contribution in [1.82, 2.24) is 20.8 Å². The van der Waals surface area contributed by atoms with Gasteiger partial charge in [0.1, 0.15) is 11.6 Å². The summed E-state index contributed by atoms with van der Waals surface area (Å²) in [4.78, 5) is 29.9. The number of benzene rings is 2. The Morgan fingerprint density at radius 3 is 2.50 bits per heavy atom. The number of rotatable bonds is 4. The Bertz CT molecular complexity index is 1030. The summed E-state index contributed by atoms with van der Waals surface area (Å²) >= 11 is 4.96. The largest absolute Gasteiger partial charge is 0.494 e. The molecule has 0 aliphatic rings. The van der Waals surface area contributed by atoms with Crippen LogP contribution in [-0.2, 0) is 0 Å². The van der Waals surface area contributed by atoms with E-state index in [0.29, 0.717) is 29.0 Å². The van der Waals surface area contributed by atoms with E-state index in [-0.39, 0.29) is 10.3 Å². The van der Waals surface area contributed by atoms with E-state index in [4.69, 9.17) is 17.0 Å². The number of hydrogen-bond donors (Lipinski definition) is 4. The van der Waals surface area contributed by atoms with Crippen molar-refractivity contribution in [1.29, 1.82) is 0 Å². The van der Waals surface area contributed by atoms with Crippen LogP contribution in [-0.4, -0.2) is 28.4 Å². The highest BCUT2D eigenvalue weighted by Crippen LogP contribution is 2.17. The normalized spacial score (nSPS) is 10.5. The zero-order valence-electron chi connectivity index (χ0n) is 13.7. The highest BCUT2D eigenvalue weighted by atomic mass is 32.1. The van der Waals surface area contributed by atoms with Gasteiger partial charge in [-0.3, -0.25) is 20.4 Å². The van der Waals surface area contributed by atoms with Gasteiger partial charge in [0.05, 0.1) is 23.2 Å². The topological polar surface area (TPSA) is 99.0 Å². The van der Waals surface area contributed by atoms with Gasteiger partial charge in [-0.2, -0.15) is 0 Å². The summed E-state index contributed by atoms with van der Waals surface area (Å²) in [5.41, 5.74) is 5.61. The minimum atomic E-state index is -0.681. The van der Waals surface area contributed by atoms with Crippen LogP contribution in [0.15, 0.2) is 36.4 Å². The van der Waals surface area contributed by atoms with Crippen LogP contribution < -0.4 is 15.6 Å². The lowest BCUT2D eigenvalue weighted by atomic mass is 10.1. The second kappa shape index (κ2) is 7.36. The van der Waals surface area contributed by atoms with Crippen LogP contribution in [0.25, 0.3) is 11.0 Å². The summed E-state index contributed by atoms with van der Waals surface area (Å²) in [6.45, 7) is 2.38. The van der Waals surface area contributed by atoms with Gasteiger partial charge in [-0.1, -0.05) is 0 Å². The smallest absolute Gasteiger partial charge is 0.271 e. The van der Waals surface area contributed by atoms with Crippen LogP contribution in [0.3, 0.4) is 0 Å². The Morgan fingerprint density at radius 2 is 1.81 bits per heavy atom. The molecule has 4 N–H and O–H groups in total. The van der Waals surface area contributed by atoms with Crippen molar-refractivity contribution < 1.29 is 18.7 Å². The number of H-pyrrole nitrogens is 2. The summed E-state index contributed by atoms with van der Waals surface area (Å²) in [6, 6.07) is 8.70. The Hall–Kier alpha value is -3.20. The Kier molecular flexibility index (Phi) is 4.99. The van der Waals surface area contributed by atoms with Crippen molar-refractivity contribution in [3.05, 3.63) is 58.1 Å². The molecule has 0 aliphatic carbocycles. The van der Waals surface area contributed by atoms with E-state index in [2.05, 4.69) is 20.8 Å². The molecule has 1 heterocycles. The van der Waals surface area contributed by atoms with Crippen LogP contribution in [0.4, 0.5) is 4.39 Å². The van der Waals surface area contributed by atoms with Crippen LogP contribution in [0, 0.1) is 10.6 Å². The third kappa shape index (κ3) is 3.72. The van der Waals surface area contributed by atoms with E-state index in [1.807, 2.05) is 6.92 Å². The molecule has 0 fully saturated rings. The van der Waals surface area contributed by atoms with Crippen molar-refractivity contribution in [3.8, 4) is 5.75 Å². The highest BCUT2D eigenvalue weighted by molar-refractivity contribution is 7.71. The van der Waals surface area contributed by atoms with E-state index in [1.54, 1.807) is 24.3 Å². The molecule has 2 amide bonds. The van der Waals surface area contributed by atoms with E-state index >= 15 is 0 Å². The lowest BCUT2D eigenvalue weighted by Gasteiger charge is -2.09.